The molecule has 1 aliphatic rings. The maximum absolute atomic E-state index is 11.5. The van der Waals surface area contributed by atoms with Gasteiger partial charge in [0, 0.05) is 46.5 Å². The summed E-state index contributed by atoms with van der Waals surface area (Å²) in [5.41, 5.74) is 0.228. The molecule has 19 heavy (non-hydrogen) atoms. The van der Waals surface area contributed by atoms with Crippen molar-refractivity contribution in [3.05, 3.63) is 0 Å². The topological polar surface area (TPSA) is 60.0 Å². The molecule has 0 saturated carbocycles. The molecule has 1 N–H and O–H groups in total. The highest BCUT2D eigenvalue weighted by atomic mass is 28.4. The van der Waals surface area contributed by atoms with Crippen LogP contribution >= 0.6 is 0 Å². The minimum Gasteiger partial charge on any atom is -0.377 e. The van der Waals surface area contributed by atoms with Gasteiger partial charge in [-0.3, -0.25) is 0 Å². The van der Waals surface area contributed by atoms with Crippen LogP contribution in [0.15, 0.2) is 0 Å². The van der Waals surface area contributed by atoms with E-state index >= 15 is 0 Å². The Morgan fingerprint density at radius 3 is 2.32 bits per heavy atom. The van der Waals surface area contributed by atoms with Gasteiger partial charge in [0.2, 0.25) is 0 Å². The largest absolute Gasteiger partial charge is 0.503 e. The molecule has 0 bridgehead atoms. The molecule has 1 atom stereocenters. The highest BCUT2D eigenvalue weighted by molar-refractivity contribution is 6.62. The second kappa shape index (κ2) is 7.84. The molecule has 2 amide bonds. The first kappa shape index (κ1) is 16.4. The summed E-state index contributed by atoms with van der Waals surface area (Å²) in [6.07, 6.45) is 2.88. The molecule has 1 unspecified atom stereocenters. The van der Waals surface area contributed by atoms with E-state index in [1.54, 1.807) is 21.3 Å². The lowest BCUT2D eigenvalue weighted by molar-refractivity contribution is 0.106. The van der Waals surface area contributed by atoms with E-state index in [9.17, 15) is 4.79 Å². The van der Waals surface area contributed by atoms with Crippen LogP contribution in [0.2, 0.25) is 5.54 Å². The smallest absolute Gasteiger partial charge is 0.377 e. The van der Waals surface area contributed by atoms with Crippen LogP contribution in [0.5, 0.6) is 0 Å². The fourth-order valence-corrected chi connectivity index (χ4v) is 5.26. The Morgan fingerprint density at radius 1 is 1.26 bits per heavy atom. The molecular formula is C12H26N2O4Si. The Balaban J connectivity index is 2.62. The first-order valence-corrected chi connectivity index (χ1v) is 8.62. The van der Waals surface area contributed by atoms with E-state index in [2.05, 4.69) is 12.2 Å². The van der Waals surface area contributed by atoms with Crippen molar-refractivity contribution in [1.82, 2.24) is 10.2 Å². The first-order chi connectivity index (χ1) is 9.13. The maximum atomic E-state index is 11.5. The SMILES string of the molecule is CCCC(CCN1CCNC1=O)[Si](OC)(OC)OC. The third-order valence-electron chi connectivity index (χ3n) is 3.68. The quantitative estimate of drug-likeness (QED) is 0.653. The summed E-state index contributed by atoms with van der Waals surface area (Å²) in [4.78, 5) is 13.4. The van der Waals surface area contributed by atoms with E-state index in [1.807, 2.05) is 4.90 Å². The van der Waals surface area contributed by atoms with Gasteiger partial charge in [-0.2, -0.15) is 0 Å². The monoisotopic (exact) mass is 290 g/mol. The van der Waals surface area contributed by atoms with Crippen molar-refractivity contribution in [2.45, 2.75) is 31.7 Å². The van der Waals surface area contributed by atoms with E-state index in [1.165, 1.54) is 0 Å². The highest BCUT2D eigenvalue weighted by Gasteiger charge is 2.46. The molecular weight excluding hydrogens is 264 g/mol. The van der Waals surface area contributed by atoms with Crippen LogP contribution < -0.4 is 5.32 Å². The third kappa shape index (κ3) is 3.91. The molecule has 1 aliphatic heterocycles. The van der Waals surface area contributed by atoms with Crippen molar-refractivity contribution in [3.8, 4) is 0 Å². The highest BCUT2D eigenvalue weighted by Crippen LogP contribution is 2.32. The zero-order valence-corrected chi connectivity index (χ0v) is 13.4. The van der Waals surface area contributed by atoms with Crippen LogP contribution in [0.4, 0.5) is 4.79 Å². The predicted octanol–water partition coefficient (Wildman–Crippen LogP) is 1.45. The molecule has 6 nitrogen and oxygen atoms in total. The molecule has 1 rings (SSSR count). The Bertz CT molecular complexity index is 279. The van der Waals surface area contributed by atoms with Crippen molar-refractivity contribution in [2.24, 2.45) is 0 Å². The minimum absolute atomic E-state index is 0.0229. The molecule has 0 radical (unpaired) electrons. The summed E-state index contributed by atoms with van der Waals surface area (Å²) in [6.45, 7) is 4.37. The van der Waals surface area contributed by atoms with Gasteiger partial charge in [-0.1, -0.05) is 13.3 Å². The Hall–Kier alpha value is -0.633. The predicted molar refractivity (Wildman–Crippen MR) is 75.0 cm³/mol. The number of carbonyl (C=O) groups excluding carboxylic acids is 1. The van der Waals surface area contributed by atoms with Gasteiger partial charge in [-0.05, 0) is 12.8 Å². The van der Waals surface area contributed by atoms with Gasteiger partial charge < -0.3 is 23.5 Å². The van der Waals surface area contributed by atoms with Gasteiger partial charge in [-0.15, -0.1) is 0 Å². The van der Waals surface area contributed by atoms with Crippen molar-refractivity contribution in [1.29, 1.82) is 0 Å². The standard InChI is InChI=1S/C12H26N2O4Si/c1-5-6-11(19(16-2,17-3)18-4)7-9-14-10-8-13-12(14)15/h11H,5-10H2,1-4H3,(H,13,15). The average molecular weight is 290 g/mol. The average Bonchev–Trinajstić information content (AvgIpc) is 2.84. The van der Waals surface area contributed by atoms with Crippen molar-refractivity contribution in [2.75, 3.05) is 41.0 Å². The molecule has 0 aromatic heterocycles. The number of hydrogen-bond acceptors (Lipinski definition) is 4. The Morgan fingerprint density at radius 2 is 1.89 bits per heavy atom. The summed E-state index contributed by atoms with van der Waals surface area (Å²) in [5, 5.41) is 2.81. The lowest BCUT2D eigenvalue weighted by Crippen LogP contribution is -2.48. The Labute approximate surface area is 116 Å². The van der Waals surface area contributed by atoms with Crippen molar-refractivity contribution >= 4 is 14.8 Å². The molecule has 112 valence electrons. The zero-order valence-electron chi connectivity index (χ0n) is 12.4. The zero-order chi connectivity index (χ0) is 14.3. The molecule has 1 heterocycles. The van der Waals surface area contributed by atoms with E-state index in [0.717, 1.165) is 38.9 Å². The minimum atomic E-state index is -2.62. The van der Waals surface area contributed by atoms with E-state index < -0.39 is 8.80 Å². The molecule has 0 aromatic carbocycles. The van der Waals surface area contributed by atoms with Gasteiger partial charge in [0.25, 0.3) is 0 Å². The fourth-order valence-electron chi connectivity index (χ4n) is 2.63. The molecule has 0 spiro atoms. The van der Waals surface area contributed by atoms with Crippen LogP contribution in [0.1, 0.15) is 26.2 Å². The third-order valence-corrected chi connectivity index (χ3v) is 6.97. The van der Waals surface area contributed by atoms with Gasteiger partial charge in [-0.25, -0.2) is 4.79 Å². The van der Waals surface area contributed by atoms with Crippen LogP contribution in [0.25, 0.3) is 0 Å². The number of urea groups is 1. The number of rotatable bonds is 9. The molecule has 7 heteroatoms. The molecule has 0 aromatic rings. The van der Waals surface area contributed by atoms with Gasteiger partial charge in [0.1, 0.15) is 0 Å². The maximum Gasteiger partial charge on any atom is 0.503 e. The lowest BCUT2D eigenvalue weighted by Gasteiger charge is -2.33. The number of carbonyl (C=O) groups is 1. The van der Waals surface area contributed by atoms with Gasteiger partial charge in [0.05, 0.1) is 0 Å². The molecule has 1 saturated heterocycles. The van der Waals surface area contributed by atoms with E-state index in [4.69, 9.17) is 13.3 Å². The number of hydrogen-bond donors (Lipinski definition) is 1. The summed E-state index contributed by atoms with van der Waals surface area (Å²) in [7, 11) is 2.31. The fraction of sp³-hybridized carbons (Fsp3) is 0.917. The van der Waals surface area contributed by atoms with Crippen LogP contribution in [0, 0.1) is 0 Å². The number of nitrogens with one attached hydrogen (secondary N) is 1. The van der Waals surface area contributed by atoms with E-state index in [0.29, 0.717) is 0 Å². The first-order valence-electron chi connectivity index (χ1n) is 6.81. The van der Waals surface area contributed by atoms with Crippen molar-refractivity contribution in [3.63, 3.8) is 0 Å². The van der Waals surface area contributed by atoms with Crippen molar-refractivity contribution < 1.29 is 18.1 Å². The van der Waals surface area contributed by atoms with E-state index in [-0.39, 0.29) is 11.6 Å². The lowest BCUT2D eigenvalue weighted by atomic mass is 10.2. The van der Waals surface area contributed by atoms with Crippen LogP contribution in [-0.2, 0) is 13.3 Å². The van der Waals surface area contributed by atoms with Crippen LogP contribution in [0.3, 0.4) is 0 Å². The van der Waals surface area contributed by atoms with Gasteiger partial charge in [0.15, 0.2) is 0 Å². The molecule has 0 aliphatic carbocycles. The normalized spacial score (nSPS) is 17.7. The van der Waals surface area contributed by atoms with Crippen LogP contribution in [-0.4, -0.2) is 60.7 Å². The Kier molecular flexibility index (Phi) is 6.77. The second-order valence-corrected chi connectivity index (χ2v) is 7.96. The summed E-state index contributed by atoms with van der Waals surface area (Å²) in [6, 6.07) is 0.0229. The number of amides is 2. The van der Waals surface area contributed by atoms with Gasteiger partial charge >= 0.3 is 14.8 Å². The summed E-state index contributed by atoms with van der Waals surface area (Å²) >= 11 is 0. The summed E-state index contributed by atoms with van der Waals surface area (Å²) in [5.74, 6) is 0. The number of nitrogens with zero attached hydrogens (tertiary/aromatic N) is 1. The molecule has 1 fully saturated rings. The summed E-state index contributed by atoms with van der Waals surface area (Å²) < 4.78 is 16.7. The second-order valence-electron chi connectivity index (χ2n) is 4.71.